The molecule has 0 aliphatic heterocycles. The molecule has 0 aliphatic carbocycles. The zero-order valence-corrected chi connectivity index (χ0v) is 20.8. The average molecular weight is 448 g/mol. The molecule has 2 N–H and O–H groups in total. The second-order valence-electron chi connectivity index (χ2n) is 9.13. The van der Waals surface area contributed by atoms with Gasteiger partial charge in [0, 0.05) is 13.1 Å². The summed E-state index contributed by atoms with van der Waals surface area (Å²) in [4.78, 5) is 40.1. The Morgan fingerprint density at radius 2 is 1.72 bits per heavy atom. The van der Waals surface area contributed by atoms with Gasteiger partial charge in [0.15, 0.2) is 0 Å². The number of hydrogen-bond acceptors (Lipinski definition) is 4. The van der Waals surface area contributed by atoms with Crippen molar-refractivity contribution < 1.29 is 19.1 Å². The molecule has 32 heavy (non-hydrogen) atoms. The van der Waals surface area contributed by atoms with Crippen LogP contribution < -0.4 is 10.6 Å². The maximum atomic E-state index is 13.3. The van der Waals surface area contributed by atoms with E-state index in [-0.39, 0.29) is 18.4 Å². The molecule has 0 radical (unpaired) electrons. The first kappa shape index (κ1) is 27.5. The van der Waals surface area contributed by atoms with Crippen LogP contribution in [0.1, 0.15) is 83.0 Å². The fourth-order valence-electron chi connectivity index (χ4n) is 3.41. The second-order valence-corrected chi connectivity index (χ2v) is 9.13. The van der Waals surface area contributed by atoms with Crippen molar-refractivity contribution >= 4 is 17.9 Å². The molecule has 7 heteroatoms. The predicted molar refractivity (Wildman–Crippen MR) is 127 cm³/mol. The molecule has 0 aliphatic rings. The van der Waals surface area contributed by atoms with E-state index in [1.165, 1.54) is 0 Å². The largest absolute Gasteiger partial charge is 0.444 e. The number of carbonyl (C=O) groups is 3. The number of unbranched alkanes of at least 4 members (excludes halogenated alkanes) is 2. The van der Waals surface area contributed by atoms with E-state index >= 15 is 0 Å². The van der Waals surface area contributed by atoms with Crippen molar-refractivity contribution in [2.75, 3.05) is 19.6 Å². The lowest BCUT2D eigenvalue weighted by atomic mass is 9.95. The van der Waals surface area contributed by atoms with Crippen LogP contribution in [0.5, 0.6) is 0 Å². The summed E-state index contributed by atoms with van der Waals surface area (Å²) in [6, 6.07) is 5.04. The van der Waals surface area contributed by atoms with Crippen molar-refractivity contribution in [1.29, 1.82) is 0 Å². The minimum absolute atomic E-state index is 0.200. The number of rotatable bonds is 11. The van der Waals surface area contributed by atoms with Crippen LogP contribution in [-0.2, 0) is 14.3 Å². The molecule has 1 aromatic rings. The number of nitrogens with one attached hydrogen (secondary N) is 2. The van der Waals surface area contributed by atoms with Crippen molar-refractivity contribution in [1.82, 2.24) is 15.5 Å². The van der Waals surface area contributed by atoms with Crippen molar-refractivity contribution in [3.8, 4) is 0 Å². The summed E-state index contributed by atoms with van der Waals surface area (Å²) >= 11 is 0. The van der Waals surface area contributed by atoms with Gasteiger partial charge in [-0.3, -0.25) is 9.59 Å². The lowest BCUT2D eigenvalue weighted by Crippen LogP contribution is -2.48. The number of amides is 3. The quantitative estimate of drug-likeness (QED) is 0.492. The van der Waals surface area contributed by atoms with E-state index in [0.29, 0.717) is 19.5 Å². The summed E-state index contributed by atoms with van der Waals surface area (Å²) in [5, 5.41) is 5.53. The normalized spacial score (nSPS) is 12.1. The molecular formula is C25H41N3O4. The summed E-state index contributed by atoms with van der Waals surface area (Å²) in [5.74, 6) is -0.527. The van der Waals surface area contributed by atoms with Crippen LogP contribution in [0.2, 0.25) is 0 Å². The van der Waals surface area contributed by atoms with Crippen LogP contribution in [0.15, 0.2) is 18.2 Å². The third-order valence-electron chi connectivity index (χ3n) is 5.15. The van der Waals surface area contributed by atoms with Crippen LogP contribution in [0.25, 0.3) is 0 Å². The van der Waals surface area contributed by atoms with Gasteiger partial charge in [-0.1, -0.05) is 44.9 Å². The molecule has 180 valence electrons. The number of nitrogens with zero attached hydrogens (tertiary/aromatic N) is 1. The third-order valence-corrected chi connectivity index (χ3v) is 5.15. The molecule has 0 aromatic heterocycles. The number of benzene rings is 1. The first-order valence-electron chi connectivity index (χ1n) is 11.6. The second kappa shape index (κ2) is 13.1. The molecule has 3 amide bonds. The van der Waals surface area contributed by atoms with Gasteiger partial charge >= 0.3 is 6.09 Å². The Morgan fingerprint density at radius 1 is 1.03 bits per heavy atom. The summed E-state index contributed by atoms with van der Waals surface area (Å²) in [6.07, 6.45) is 3.01. The van der Waals surface area contributed by atoms with Crippen LogP contribution in [0, 0.1) is 13.8 Å². The summed E-state index contributed by atoms with van der Waals surface area (Å²) < 4.78 is 5.23. The molecule has 0 saturated heterocycles. The number of hydrogen-bond donors (Lipinski definition) is 2. The Morgan fingerprint density at radius 3 is 2.31 bits per heavy atom. The van der Waals surface area contributed by atoms with Crippen molar-refractivity contribution in [3.05, 3.63) is 34.9 Å². The number of alkyl carbamates (subject to hydrolysis) is 1. The van der Waals surface area contributed by atoms with Gasteiger partial charge in [0.1, 0.15) is 18.2 Å². The highest BCUT2D eigenvalue weighted by Gasteiger charge is 2.32. The Balaban J connectivity index is 3.14. The van der Waals surface area contributed by atoms with Crippen molar-refractivity contribution in [3.63, 3.8) is 0 Å². The molecular weight excluding hydrogens is 406 g/mol. The fraction of sp³-hybridized carbons (Fsp3) is 0.640. The lowest BCUT2D eigenvalue weighted by Gasteiger charge is -2.32. The Hall–Kier alpha value is -2.57. The van der Waals surface area contributed by atoms with Crippen LogP contribution >= 0.6 is 0 Å². The Bertz CT molecular complexity index is 771. The van der Waals surface area contributed by atoms with E-state index < -0.39 is 17.7 Å². The van der Waals surface area contributed by atoms with E-state index in [2.05, 4.69) is 17.6 Å². The molecule has 0 heterocycles. The monoisotopic (exact) mass is 447 g/mol. The van der Waals surface area contributed by atoms with Gasteiger partial charge in [-0.2, -0.15) is 0 Å². The first-order chi connectivity index (χ1) is 15.0. The van der Waals surface area contributed by atoms with Gasteiger partial charge in [0.25, 0.3) is 0 Å². The average Bonchev–Trinajstić information content (AvgIpc) is 2.70. The Labute approximate surface area is 193 Å². The summed E-state index contributed by atoms with van der Waals surface area (Å²) in [5.41, 5.74) is 2.19. The zero-order chi connectivity index (χ0) is 24.3. The summed E-state index contributed by atoms with van der Waals surface area (Å²) in [7, 11) is 0. The van der Waals surface area contributed by atoms with Crippen LogP contribution in [-0.4, -0.2) is 48.0 Å². The van der Waals surface area contributed by atoms with Gasteiger partial charge in [-0.25, -0.2) is 4.79 Å². The molecule has 7 nitrogen and oxygen atoms in total. The van der Waals surface area contributed by atoms with Gasteiger partial charge < -0.3 is 20.3 Å². The molecule has 0 fully saturated rings. The molecule has 0 bridgehead atoms. The Kier molecular flexibility index (Phi) is 11.2. The van der Waals surface area contributed by atoms with Gasteiger partial charge in [-0.15, -0.1) is 0 Å². The maximum absolute atomic E-state index is 13.3. The van der Waals surface area contributed by atoms with Crippen LogP contribution in [0.4, 0.5) is 4.79 Å². The minimum atomic E-state index is -0.760. The maximum Gasteiger partial charge on any atom is 0.408 e. The highest BCUT2D eigenvalue weighted by atomic mass is 16.6. The summed E-state index contributed by atoms with van der Waals surface area (Å²) in [6.45, 7) is 14.0. The molecule has 0 spiro atoms. The number of aryl methyl sites for hydroxylation is 1. The first-order valence-corrected chi connectivity index (χ1v) is 11.6. The van der Waals surface area contributed by atoms with E-state index in [0.717, 1.165) is 36.0 Å². The van der Waals surface area contributed by atoms with E-state index in [9.17, 15) is 14.4 Å². The predicted octanol–water partition coefficient (Wildman–Crippen LogP) is 4.41. The van der Waals surface area contributed by atoms with Gasteiger partial charge in [0.2, 0.25) is 11.8 Å². The van der Waals surface area contributed by atoms with Gasteiger partial charge in [-0.05, 0) is 64.2 Å². The molecule has 0 saturated carbocycles. The number of ether oxygens (including phenoxy) is 1. The molecule has 1 rings (SSSR count). The lowest BCUT2D eigenvalue weighted by molar-refractivity contribution is -0.140. The van der Waals surface area contributed by atoms with Crippen molar-refractivity contribution in [2.24, 2.45) is 0 Å². The van der Waals surface area contributed by atoms with Crippen molar-refractivity contribution in [2.45, 2.75) is 85.8 Å². The third kappa shape index (κ3) is 8.89. The minimum Gasteiger partial charge on any atom is -0.444 e. The zero-order valence-electron chi connectivity index (χ0n) is 20.8. The van der Waals surface area contributed by atoms with E-state index in [1.54, 1.807) is 25.7 Å². The highest BCUT2D eigenvalue weighted by Crippen LogP contribution is 2.27. The number of carbonyl (C=O) groups excluding carboxylic acids is 3. The SMILES string of the molecule is CCCCCNC(=O)C(c1cccc(C)c1C)N(CCC)C(=O)CNC(=O)OC(C)(C)C. The smallest absolute Gasteiger partial charge is 0.408 e. The topological polar surface area (TPSA) is 87.7 Å². The fourth-order valence-corrected chi connectivity index (χ4v) is 3.41. The highest BCUT2D eigenvalue weighted by molar-refractivity contribution is 5.90. The van der Waals surface area contributed by atoms with Crippen LogP contribution in [0.3, 0.4) is 0 Å². The molecule has 1 aromatic carbocycles. The standard InChI is InChI=1S/C25H41N3O4/c1-8-10-11-15-26-23(30)22(20-14-12-13-18(3)19(20)4)28(16-9-2)21(29)17-27-24(31)32-25(5,6)7/h12-14,22H,8-11,15-17H2,1-7H3,(H,26,30)(H,27,31). The van der Waals surface area contributed by atoms with E-state index in [4.69, 9.17) is 4.74 Å². The van der Waals surface area contributed by atoms with E-state index in [1.807, 2.05) is 39.0 Å². The van der Waals surface area contributed by atoms with Gasteiger partial charge in [0.05, 0.1) is 0 Å². The molecule has 1 atom stereocenters. The molecule has 1 unspecified atom stereocenters.